The van der Waals surface area contributed by atoms with Gasteiger partial charge in [-0.1, -0.05) is 18.2 Å². The van der Waals surface area contributed by atoms with Crippen LogP contribution in [0.1, 0.15) is 15.9 Å². The van der Waals surface area contributed by atoms with E-state index in [1.54, 1.807) is 24.4 Å². The number of rotatable bonds is 2. The summed E-state index contributed by atoms with van der Waals surface area (Å²) < 4.78 is 0.627. The summed E-state index contributed by atoms with van der Waals surface area (Å²) in [4.78, 5) is 16.1. The number of aryl methyl sites for hydroxylation is 1. The van der Waals surface area contributed by atoms with Gasteiger partial charge in [-0.05, 0) is 46.6 Å². The minimum atomic E-state index is -0.128. The molecule has 0 unspecified atom stereocenters. The van der Waals surface area contributed by atoms with Gasteiger partial charge < -0.3 is 5.32 Å². The summed E-state index contributed by atoms with van der Waals surface area (Å²) in [6.45, 7) is 1.91. The Balaban J connectivity index is 2.24. The molecule has 0 radical (unpaired) electrons. The first-order valence-corrected chi connectivity index (χ1v) is 5.95. The van der Waals surface area contributed by atoms with Crippen molar-refractivity contribution in [1.82, 2.24) is 4.98 Å². The van der Waals surface area contributed by atoms with E-state index in [1.807, 2.05) is 25.1 Å². The number of pyridine rings is 1. The van der Waals surface area contributed by atoms with E-state index in [4.69, 9.17) is 0 Å². The Bertz CT molecular complexity index is 555. The zero-order valence-electron chi connectivity index (χ0n) is 9.27. The molecule has 1 aromatic carbocycles. The Hall–Kier alpha value is -1.68. The van der Waals surface area contributed by atoms with Crippen LogP contribution in [0.15, 0.2) is 47.2 Å². The first kappa shape index (κ1) is 11.8. The summed E-state index contributed by atoms with van der Waals surface area (Å²) in [5, 5.41) is 2.82. The predicted molar refractivity (Wildman–Crippen MR) is 71.1 cm³/mol. The van der Waals surface area contributed by atoms with E-state index < -0.39 is 0 Å². The van der Waals surface area contributed by atoms with E-state index in [0.29, 0.717) is 15.9 Å². The lowest BCUT2D eigenvalue weighted by Gasteiger charge is -2.08. The van der Waals surface area contributed by atoms with Crippen molar-refractivity contribution < 1.29 is 4.79 Å². The molecule has 0 aliphatic carbocycles. The molecule has 1 heterocycles. The number of benzene rings is 1. The van der Waals surface area contributed by atoms with Crippen LogP contribution in [0.25, 0.3) is 0 Å². The molecule has 1 amide bonds. The second kappa shape index (κ2) is 5.10. The van der Waals surface area contributed by atoms with Crippen molar-refractivity contribution in [2.24, 2.45) is 0 Å². The van der Waals surface area contributed by atoms with Crippen LogP contribution in [0.4, 0.5) is 5.69 Å². The molecule has 0 aliphatic heterocycles. The van der Waals surface area contributed by atoms with Crippen molar-refractivity contribution in [2.75, 3.05) is 5.32 Å². The Morgan fingerprint density at radius 2 is 2.00 bits per heavy atom. The van der Waals surface area contributed by atoms with Gasteiger partial charge in [0.05, 0.1) is 5.69 Å². The number of carbonyl (C=O) groups is 1. The first-order chi connectivity index (χ1) is 8.18. The number of nitrogens with zero attached hydrogens (tertiary/aromatic N) is 1. The fourth-order valence-electron chi connectivity index (χ4n) is 1.50. The zero-order valence-corrected chi connectivity index (χ0v) is 10.9. The molecular formula is C13H11BrN2O. The van der Waals surface area contributed by atoms with Gasteiger partial charge in [0, 0.05) is 11.8 Å². The van der Waals surface area contributed by atoms with Crippen LogP contribution < -0.4 is 5.32 Å². The lowest BCUT2D eigenvalue weighted by Crippen LogP contribution is -2.13. The molecule has 0 fully saturated rings. The first-order valence-electron chi connectivity index (χ1n) is 5.16. The third-order valence-electron chi connectivity index (χ3n) is 2.40. The summed E-state index contributed by atoms with van der Waals surface area (Å²) in [5.74, 6) is -0.128. The number of anilines is 1. The lowest BCUT2D eigenvalue weighted by molar-refractivity contribution is 0.102. The van der Waals surface area contributed by atoms with E-state index in [-0.39, 0.29) is 5.91 Å². The van der Waals surface area contributed by atoms with Crippen LogP contribution in [0.3, 0.4) is 0 Å². The topological polar surface area (TPSA) is 42.0 Å². The highest BCUT2D eigenvalue weighted by molar-refractivity contribution is 9.10. The highest BCUT2D eigenvalue weighted by Gasteiger charge is 2.10. The number of nitrogens with one attached hydrogen (secondary N) is 1. The maximum atomic E-state index is 12.0. The Morgan fingerprint density at radius 1 is 1.24 bits per heavy atom. The van der Waals surface area contributed by atoms with Crippen LogP contribution in [-0.4, -0.2) is 10.9 Å². The molecule has 2 rings (SSSR count). The molecule has 4 heteroatoms. The molecule has 3 nitrogen and oxygen atoms in total. The van der Waals surface area contributed by atoms with Crippen molar-refractivity contribution in [3.8, 4) is 0 Å². The molecule has 0 aliphatic rings. The number of carbonyl (C=O) groups excluding carboxylic acids is 1. The summed E-state index contributed by atoms with van der Waals surface area (Å²) in [6, 6.07) is 11.0. The summed E-state index contributed by atoms with van der Waals surface area (Å²) in [5.41, 5.74) is 2.29. The van der Waals surface area contributed by atoms with Gasteiger partial charge in [0.2, 0.25) is 0 Å². The molecule has 0 spiro atoms. The average Bonchev–Trinajstić information content (AvgIpc) is 2.32. The van der Waals surface area contributed by atoms with Crippen LogP contribution in [0.5, 0.6) is 0 Å². The Labute approximate surface area is 108 Å². The van der Waals surface area contributed by atoms with Gasteiger partial charge in [0.15, 0.2) is 0 Å². The van der Waals surface area contributed by atoms with Gasteiger partial charge in [-0.15, -0.1) is 0 Å². The fraction of sp³-hybridized carbons (Fsp3) is 0.0769. The molecule has 0 saturated heterocycles. The number of hydrogen-bond acceptors (Lipinski definition) is 2. The van der Waals surface area contributed by atoms with Crippen LogP contribution in [-0.2, 0) is 0 Å². The van der Waals surface area contributed by atoms with Crippen molar-refractivity contribution in [3.05, 3.63) is 58.3 Å². The van der Waals surface area contributed by atoms with E-state index in [9.17, 15) is 4.79 Å². The third kappa shape index (κ3) is 2.71. The average molecular weight is 291 g/mol. The number of hydrogen-bond donors (Lipinski definition) is 1. The van der Waals surface area contributed by atoms with Crippen LogP contribution >= 0.6 is 15.9 Å². The van der Waals surface area contributed by atoms with Gasteiger partial charge in [0.25, 0.3) is 5.91 Å². The second-order valence-corrected chi connectivity index (χ2v) is 4.36. The van der Waals surface area contributed by atoms with Gasteiger partial charge in [0.1, 0.15) is 4.60 Å². The van der Waals surface area contributed by atoms with E-state index in [0.717, 1.165) is 5.56 Å². The highest BCUT2D eigenvalue weighted by Crippen LogP contribution is 2.19. The highest BCUT2D eigenvalue weighted by atomic mass is 79.9. The largest absolute Gasteiger partial charge is 0.320 e. The van der Waals surface area contributed by atoms with Gasteiger partial charge in [-0.2, -0.15) is 0 Å². The van der Waals surface area contributed by atoms with Gasteiger partial charge >= 0.3 is 0 Å². The van der Waals surface area contributed by atoms with Crippen molar-refractivity contribution in [3.63, 3.8) is 0 Å². The standard InChI is InChI=1S/C13H11BrN2O/c1-9-5-2-3-6-10(9)13(17)16-11-7-4-8-15-12(11)14/h2-8H,1H3,(H,16,17). The molecule has 0 bridgehead atoms. The molecular weight excluding hydrogens is 280 g/mol. The molecule has 0 saturated carbocycles. The Morgan fingerprint density at radius 3 is 2.71 bits per heavy atom. The van der Waals surface area contributed by atoms with Gasteiger partial charge in [-0.3, -0.25) is 4.79 Å². The summed E-state index contributed by atoms with van der Waals surface area (Å²) in [6.07, 6.45) is 1.66. The van der Waals surface area contributed by atoms with Crippen LogP contribution in [0, 0.1) is 6.92 Å². The minimum absolute atomic E-state index is 0.128. The predicted octanol–water partition coefficient (Wildman–Crippen LogP) is 3.40. The number of aromatic nitrogens is 1. The Kier molecular flexibility index (Phi) is 3.54. The molecule has 86 valence electrons. The minimum Gasteiger partial charge on any atom is -0.320 e. The number of halogens is 1. The zero-order chi connectivity index (χ0) is 12.3. The molecule has 0 atom stereocenters. The van der Waals surface area contributed by atoms with E-state index in [2.05, 4.69) is 26.2 Å². The van der Waals surface area contributed by atoms with Crippen molar-refractivity contribution in [1.29, 1.82) is 0 Å². The van der Waals surface area contributed by atoms with Crippen LogP contribution in [0.2, 0.25) is 0 Å². The SMILES string of the molecule is Cc1ccccc1C(=O)Nc1cccnc1Br. The lowest BCUT2D eigenvalue weighted by atomic mass is 10.1. The molecule has 17 heavy (non-hydrogen) atoms. The molecule has 2 aromatic rings. The summed E-state index contributed by atoms with van der Waals surface area (Å²) in [7, 11) is 0. The normalized spacial score (nSPS) is 10.0. The number of amides is 1. The third-order valence-corrected chi connectivity index (χ3v) is 3.03. The quantitative estimate of drug-likeness (QED) is 0.862. The maximum absolute atomic E-state index is 12.0. The maximum Gasteiger partial charge on any atom is 0.256 e. The summed E-state index contributed by atoms with van der Waals surface area (Å²) >= 11 is 3.29. The monoisotopic (exact) mass is 290 g/mol. The smallest absolute Gasteiger partial charge is 0.256 e. The molecule has 1 aromatic heterocycles. The molecule has 1 N–H and O–H groups in total. The van der Waals surface area contributed by atoms with E-state index >= 15 is 0 Å². The van der Waals surface area contributed by atoms with E-state index in [1.165, 1.54) is 0 Å². The van der Waals surface area contributed by atoms with Crippen molar-refractivity contribution in [2.45, 2.75) is 6.92 Å². The second-order valence-electron chi connectivity index (χ2n) is 3.61. The fourth-order valence-corrected chi connectivity index (χ4v) is 1.85. The van der Waals surface area contributed by atoms with Gasteiger partial charge in [-0.25, -0.2) is 4.98 Å². The van der Waals surface area contributed by atoms with Crippen molar-refractivity contribution >= 4 is 27.5 Å².